The molecule has 1 aliphatic rings. The molecule has 9 nitrogen and oxygen atoms in total. The van der Waals surface area contributed by atoms with Crippen LogP contribution < -0.4 is 11.1 Å². The van der Waals surface area contributed by atoms with Gasteiger partial charge in [-0.3, -0.25) is 25.0 Å². The van der Waals surface area contributed by atoms with E-state index in [1.54, 1.807) is 29.1 Å². The summed E-state index contributed by atoms with van der Waals surface area (Å²) in [6, 6.07) is 12.2. The Labute approximate surface area is 175 Å². The number of hydrogen-bond acceptors (Lipinski definition) is 5. The van der Waals surface area contributed by atoms with Crippen molar-refractivity contribution in [3.8, 4) is 0 Å². The number of amides is 2. The van der Waals surface area contributed by atoms with Gasteiger partial charge in [-0.25, -0.2) is 0 Å². The van der Waals surface area contributed by atoms with Crippen LogP contribution in [0.15, 0.2) is 54.9 Å². The van der Waals surface area contributed by atoms with Gasteiger partial charge >= 0.3 is 0 Å². The summed E-state index contributed by atoms with van der Waals surface area (Å²) >= 11 is 0. The smallest absolute Gasteiger partial charge is 0.293 e. The van der Waals surface area contributed by atoms with Crippen molar-refractivity contribution in [2.24, 2.45) is 5.73 Å². The zero-order valence-electron chi connectivity index (χ0n) is 16.2. The largest absolute Gasteiger partial charge is 0.361 e. The van der Waals surface area contributed by atoms with Crippen LogP contribution in [-0.2, 0) is 16.1 Å². The van der Waals surface area contributed by atoms with Gasteiger partial charge in [-0.1, -0.05) is 30.3 Å². The van der Waals surface area contributed by atoms with E-state index < -0.39 is 16.7 Å². The van der Waals surface area contributed by atoms with Crippen molar-refractivity contribution in [3.05, 3.63) is 76.1 Å². The number of nitrogens with zero attached hydrogens (tertiary/aromatic N) is 2. The van der Waals surface area contributed by atoms with Gasteiger partial charge in [-0.2, -0.15) is 0 Å². The highest BCUT2D eigenvalue weighted by Gasteiger charge is 2.35. The van der Waals surface area contributed by atoms with Crippen molar-refractivity contribution in [1.29, 1.82) is 0 Å². The zero-order chi connectivity index (χ0) is 21.7. The van der Waals surface area contributed by atoms with Gasteiger partial charge in [0.1, 0.15) is 5.52 Å². The number of benzene rings is 2. The van der Waals surface area contributed by atoms with Crippen LogP contribution in [0.4, 0.5) is 5.69 Å². The molecule has 4 aromatic rings. The molecule has 4 N–H and O–H groups in total. The fourth-order valence-electron chi connectivity index (χ4n) is 4.25. The van der Waals surface area contributed by atoms with Crippen LogP contribution in [0.2, 0.25) is 0 Å². The highest BCUT2D eigenvalue weighted by Crippen LogP contribution is 2.40. The third-order valence-electron chi connectivity index (χ3n) is 5.50. The molecule has 0 radical (unpaired) electrons. The fraction of sp³-hybridized carbons (Fsp3) is 0.0909. The number of carbonyl (C=O) groups excluding carboxylic acids is 2. The number of nitro benzene ring substituents is 1. The topological polar surface area (TPSA) is 136 Å². The summed E-state index contributed by atoms with van der Waals surface area (Å²) in [4.78, 5) is 40.0. The molecule has 0 saturated heterocycles. The summed E-state index contributed by atoms with van der Waals surface area (Å²) in [6.45, 7) is 0.585. The van der Waals surface area contributed by atoms with E-state index in [4.69, 9.17) is 5.73 Å². The van der Waals surface area contributed by atoms with E-state index in [0.29, 0.717) is 28.6 Å². The summed E-state index contributed by atoms with van der Waals surface area (Å²) in [5, 5.41) is 15.3. The van der Waals surface area contributed by atoms with E-state index in [-0.39, 0.29) is 23.4 Å². The van der Waals surface area contributed by atoms with Gasteiger partial charge in [-0.05, 0) is 6.07 Å². The standard InChI is InChI=1S/C22H17N5O4/c23-8-9-26-11-15(13-5-3-7-17(20(13)26)27(30)31)19-18(21(28)25-22(19)29)14-10-24-16-6-2-1-4-12(14)16/h1-7,10-11,24H,8-9,23H2,(H,25,28,29). The lowest BCUT2D eigenvalue weighted by Gasteiger charge is -2.03. The van der Waals surface area contributed by atoms with Crippen molar-refractivity contribution >= 4 is 50.5 Å². The van der Waals surface area contributed by atoms with E-state index in [9.17, 15) is 19.7 Å². The maximum absolute atomic E-state index is 12.9. The quantitative estimate of drug-likeness (QED) is 0.261. The zero-order valence-corrected chi connectivity index (χ0v) is 16.2. The van der Waals surface area contributed by atoms with E-state index in [0.717, 1.165) is 10.9 Å². The number of hydrogen-bond donors (Lipinski definition) is 3. The Morgan fingerprint density at radius 1 is 0.968 bits per heavy atom. The minimum absolute atomic E-state index is 0.0869. The summed E-state index contributed by atoms with van der Waals surface area (Å²) in [5.41, 5.74) is 8.31. The summed E-state index contributed by atoms with van der Waals surface area (Å²) in [7, 11) is 0. The fourth-order valence-corrected chi connectivity index (χ4v) is 4.25. The second-order valence-corrected chi connectivity index (χ2v) is 7.24. The predicted octanol–water partition coefficient (Wildman–Crippen LogP) is 2.56. The number of fused-ring (bicyclic) bond motifs is 2. The molecule has 0 unspecified atom stereocenters. The van der Waals surface area contributed by atoms with Crippen molar-refractivity contribution < 1.29 is 14.5 Å². The van der Waals surface area contributed by atoms with E-state index in [2.05, 4.69) is 10.3 Å². The molecule has 31 heavy (non-hydrogen) atoms. The van der Waals surface area contributed by atoms with E-state index >= 15 is 0 Å². The number of aromatic amines is 1. The Bertz CT molecular complexity index is 1440. The van der Waals surface area contributed by atoms with E-state index in [1.807, 2.05) is 24.3 Å². The Morgan fingerprint density at radius 3 is 2.42 bits per heavy atom. The number of aromatic nitrogens is 2. The van der Waals surface area contributed by atoms with Crippen LogP contribution in [0.1, 0.15) is 11.1 Å². The summed E-state index contributed by atoms with van der Waals surface area (Å²) < 4.78 is 1.67. The minimum Gasteiger partial charge on any atom is -0.361 e. The molecule has 2 amide bonds. The molecular weight excluding hydrogens is 398 g/mol. The second kappa shape index (κ2) is 6.92. The van der Waals surface area contributed by atoms with Crippen molar-refractivity contribution in [1.82, 2.24) is 14.9 Å². The van der Waals surface area contributed by atoms with Crippen LogP contribution in [-0.4, -0.2) is 32.8 Å². The van der Waals surface area contributed by atoms with Crippen LogP contribution in [0, 0.1) is 10.1 Å². The molecule has 0 saturated carbocycles. The number of non-ortho nitro benzene ring substituents is 1. The molecule has 0 fully saturated rings. The van der Waals surface area contributed by atoms with Gasteiger partial charge in [0.2, 0.25) is 0 Å². The lowest BCUT2D eigenvalue weighted by Crippen LogP contribution is -2.22. The van der Waals surface area contributed by atoms with Crippen LogP contribution in [0.5, 0.6) is 0 Å². The van der Waals surface area contributed by atoms with Crippen molar-refractivity contribution in [2.45, 2.75) is 6.54 Å². The maximum atomic E-state index is 12.9. The SMILES string of the molecule is NCCn1cc(C2=C(c3c[nH]c4ccccc34)C(=O)NC2=O)c2cccc([N+](=O)[O-])c21. The maximum Gasteiger partial charge on any atom is 0.293 e. The number of imide groups is 1. The Hall–Kier alpha value is -4.24. The summed E-state index contributed by atoms with van der Waals surface area (Å²) in [5.74, 6) is -1.04. The van der Waals surface area contributed by atoms with Crippen LogP contribution in [0.25, 0.3) is 33.0 Å². The predicted molar refractivity (Wildman–Crippen MR) is 116 cm³/mol. The third-order valence-corrected chi connectivity index (χ3v) is 5.50. The Balaban J connectivity index is 1.86. The number of carbonyl (C=O) groups is 2. The average molecular weight is 415 g/mol. The molecule has 0 aliphatic carbocycles. The highest BCUT2D eigenvalue weighted by molar-refractivity contribution is 6.50. The summed E-state index contributed by atoms with van der Waals surface area (Å²) in [6.07, 6.45) is 3.35. The minimum atomic E-state index is -0.538. The normalized spacial score (nSPS) is 14.1. The van der Waals surface area contributed by atoms with E-state index in [1.165, 1.54) is 6.07 Å². The lowest BCUT2D eigenvalue weighted by molar-refractivity contribution is -0.383. The molecule has 0 bridgehead atoms. The van der Waals surface area contributed by atoms with Crippen molar-refractivity contribution in [2.75, 3.05) is 6.54 Å². The molecule has 9 heteroatoms. The molecular formula is C22H17N5O4. The Kier molecular flexibility index (Phi) is 4.19. The molecule has 5 rings (SSSR count). The third kappa shape index (κ3) is 2.75. The first-order valence-corrected chi connectivity index (χ1v) is 9.64. The van der Waals surface area contributed by atoms with Gasteiger partial charge in [0.25, 0.3) is 17.5 Å². The van der Waals surface area contributed by atoms with Gasteiger partial charge in [-0.15, -0.1) is 0 Å². The first-order chi connectivity index (χ1) is 15.0. The average Bonchev–Trinajstić information content (AvgIpc) is 3.41. The molecule has 0 atom stereocenters. The molecule has 3 heterocycles. The van der Waals surface area contributed by atoms with Gasteiger partial charge in [0, 0.05) is 59.0 Å². The van der Waals surface area contributed by atoms with Gasteiger partial charge in [0.15, 0.2) is 0 Å². The first kappa shape index (κ1) is 18.8. The van der Waals surface area contributed by atoms with Crippen molar-refractivity contribution in [3.63, 3.8) is 0 Å². The van der Waals surface area contributed by atoms with Crippen LogP contribution >= 0.6 is 0 Å². The number of para-hydroxylation sites is 2. The monoisotopic (exact) mass is 415 g/mol. The van der Waals surface area contributed by atoms with Gasteiger partial charge in [0.05, 0.1) is 16.1 Å². The second-order valence-electron chi connectivity index (χ2n) is 7.24. The molecule has 1 aliphatic heterocycles. The highest BCUT2D eigenvalue weighted by atomic mass is 16.6. The number of nitrogens with one attached hydrogen (secondary N) is 2. The molecule has 2 aromatic carbocycles. The Morgan fingerprint density at radius 2 is 1.68 bits per heavy atom. The molecule has 154 valence electrons. The van der Waals surface area contributed by atoms with Crippen LogP contribution in [0.3, 0.4) is 0 Å². The number of nitro groups is 1. The number of H-pyrrole nitrogens is 1. The number of rotatable bonds is 5. The lowest BCUT2D eigenvalue weighted by atomic mass is 9.95. The molecule has 0 spiro atoms. The molecule has 2 aromatic heterocycles. The first-order valence-electron chi connectivity index (χ1n) is 9.64. The van der Waals surface area contributed by atoms with Gasteiger partial charge < -0.3 is 15.3 Å². The number of nitrogens with two attached hydrogens (primary N) is 1.